The minimum absolute atomic E-state index is 0.0887. The first-order valence-electron chi connectivity index (χ1n) is 5.75. The van der Waals surface area contributed by atoms with E-state index in [0.717, 1.165) is 11.3 Å². The summed E-state index contributed by atoms with van der Waals surface area (Å²) in [6.45, 7) is 0.563. The smallest absolute Gasteiger partial charge is 0.172 e. The van der Waals surface area contributed by atoms with E-state index in [1.165, 1.54) is 7.11 Å². The number of hydrogen-bond donors (Lipinski definition) is 2. The molecule has 0 fully saturated rings. The molecule has 0 heterocycles. The molecule has 6 heteroatoms. The molecule has 0 unspecified atom stereocenters. The Bertz CT molecular complexity index is 635. The number of rotatable bonds is 4. The molecule has 0 saturated heterocycles. The topological polar surface area (TPSA) is 41.5 Å². The zero-order valence-electron chi connectivity index (χ0n) is 10.6. The van der Waals surface area contributed by atoms with Gasteiger partial charge in [-0.3, -0.25) is 0 Å². The maximum absolute atomic E-state index is 9.75. The lowest BCUT2D eigenvalue weighted by molar-refractivity contribution is 0.371. The van der Waals surface area contributed by atoms with E-state index in [0.29, 0.717) is 26.8 Å². The van der Waals surface area contributed by atoms with Gasteiger partial charge in [-0.25, -0.2) is 0 Å². The lowest BCUT2D eigenvalue weighted by Crippen LogP contribution is -2.00. The lowest BCUT2D eigenvalue weighted by Gasteiger charge is -2.11. The first-order chi connectivity index (χ1) is 9.51. The fourth-order valence-electron chi connectivity index (χ4n) is 1.70. The van der Waals surface area contributed by atoms with E-state index in [1.54, 1.807) is 18.2 Å². The van der Waals surface area contributed by atoms with Crippen LogP contribution in [0.5, 0.6) is 11.5 Å². The second kappa shape index (κ2) is 6.57. The summed E-state index contributed by atoms with van der Waals surface area (Å²) >= 11 is 15.1. The number of hydrogen-bond acceptors (Lipinski definition) is 3. The Balaban J connectivity index is 2.14. The Kier molecular flexibility index (Phi) is 5.02. The van der Waals surface area contributed by atoms with Gasteiger partial charge in [-0.2, -0.15) is 0 Å². The molecule has 0 spiro atoms. The van der Waals surface area contributed by atoms with Crippen molar-refractivity contribution in [1.82, 2.24) is 0 Å². The van der Waals surface area contributed by atoms with Gasteiger partial charge in [0.2, 0.25) is 0 Å². The van der Waals surface area contributed by atoms with Gasteiger partial charge in [-0.15, -0.1) is 0 Å². The van der Waals surface area contributed by atoms with Gasteiger partial charge < -0.3 is 15.2 Å². The van der Waals surface area contributed by atoms with Gasteiger partial charge >= 0.3 is 0 Å². The van der Waals surface area contributed by atoms with Crippen LogP contribution >= 0.6 is 39.1 Å². The fourth-order valence-corrected chi connectivity index (χ4v) is 2.48. The van der Waals surface area contributed by atoms with Crippen molar-refractivity contribution in [3.63, 3.8) is 0 Å². The largest absolute Gasteiger partial charge is 0.503 e. The summed E-state index contributed by atoms with van der Waals surface area (Å²) in [7, 11) is 1.51. The zero-order chi connectivity index (χ0) is 14.7. The van der Waals surface area contributed by atoms with Crippen LogP contribution in [-0.4, -0.2) is 12.2 Å². The predicted molar refractivity (Wildman–Crippen MR) is 86.1 cm³/mol. The number of aromatic hydroxyl groups is 1. The van der Waals surface area contributed by atoms with Gasteiger partial charge in [0.05, 0.1) is 21.6 Å². The molecule has 0 aliphatic carbocycles. The molecular weight excluding hydrogens is 365 g/mol. The number of ether oxygens (including phenoxy) is 1. The third kappa shape index (κ3) is 3.51. The first-order valence-corrected chi connectivity index (χ1v) is 7.30. The van der Waals surface area contributed by atoms with Crippen LogP contribution in [0, 0.1) is 0 Å². The fraction of sp³-hybridized carbons (Fsp3) is 0.143. The van der Waals surface area contributed by atoms with Gasteiger partial charge in [-0.1, -0.05) is 23.2 Å². The number of methoxy groups -OCH3 is 1. The van der Waals surface area contributed by atoms with E-state index < -0.39 is 0 Å². The van der Waals surface area contributed by atoms with Crippen molar-refractivity contribution in [3.8, 4) is 11.5 Å². The third-order valence-electron chi connectivity index (χ3n) is 2.72. The highest BCUT2D eigenvalue weighted by Gasteiger charge is 2.08. The Morgan fingerprint density at radius 3 is 2.60 bits per heavy atom. The van der Waals surface area contributed by atoms with Crippen molar-refractivity contribution in [3.05, 3.63) is 50.4 Å². The highest BCUT2D eigenvalue weighted by molar-refractivity contribution is 9.10. The standard InChI is InChI=1S/C14H12BrCl2NO2/c1-20-13-5-8(4-10(15)14(13)19)7-18-9-2-3-11(16)12(17)6-9/h2-6,18-19H,7H2,1H3. The maximum Gasteiger partial charge on any atom is 0.172 e. The van der Waals surface area contributed by atoms with Crippen LogP contribution in [0.3, 0.4) is 0 Å². The molecule has 2 aromatic carbocycles. The average Bonchev–Trinajstić information content (AvgIpc) is 2.43. The Morgan fingerprint density at radius 1 is 1.20 bits per heavy atom. The van der Waals surface area contributed by atoms with Crippen LogP contribution in [-0.2, 0) is 6.54 Å². The van der Waals surface area contributed by atoms with Gasteiger partial charge in [0.1, 0.15) is 0 Å². The number of nitrogens with one attached hydrogen (secondary N) is 1. The molecule has 0 amide bonds. The number of phenolic OH excluding ortho intramolecular Hbond substituents is 1. The molecule has 0 saturated carbocycles. The van der Waals surface area contributed by atoms with Crippen LogP contribution < -0.4 is 10.1 Å². The minimum atomic E-state index is 0.0887. The average molecular weight is 377 g/mol. The van der Waals surface area contributed by atoms with Crippen molar-refractivity contribution in [2.75, 3.05) is 12.4 Å². The summed E-state index contributed by atoms with van der Waals surface area (Å²) in [4.78, 5) is 0. The van der Waals surface area contributed by atoms with Gasteiger partial charge in [0.25, 0.3) is 0 Å². The minimum Gasteiger partial charge on any atom is -0.503 e. The van der Waals surface area contributed by atoms with Crippen LogP contribution in [0.1, 0.15) is 5.56 Å². The molecular formula is C14H12BrCl2NO2. The van der Waals surface area contributed by atoms with E-state index in [2.05, 4.69) is 21.2 Å². The van der Waals surface area contributed by atoms with Crippen LogP contribution in [0.2, 0.25) is 10.0 Å². The summed E-state index contributed by atoms with van der Waals surface area (Å²) < 4.78 is 5.69. The van der Waals surface area contributed by atoms with Crippen molar-refractivity contribution in [1.29, 1.82) is 0 Å². The molecule has 0 bridgehead atoms. The first kappa shape index (κ1) is 15.3. The maximum atomic E-state index is 9.75. The summed E-state index contributed by atoms with van der Waals surface area (Å²) in [6.07, 6.45) is 0. The molecule has 2 aromatic rings. The van der Waals surface area contributed by atoms with E-state index in [1.807, 2.05) is 12.1 Å². The van der Waals surface area contributed by atoms with E-state index in [9.17, 15) is 5.11 Å². The van der Waals surface area contributed by atoms with Gasteiger partial charge in [0, 0.05) is 12.2 Å². The SMILES string of the molecule is COc1cc(CNc2ccc(Cl)c(Cl)c2)cc(Br)c1O. The molecule has 0 aliphatic rings. The Morgan fingerprint density at radius 2 is 1.95 bits per heavy atom. The monoisotopic (exact) mass is 375 g/mol. The lowest BCUT2D eigenvalue weighted by atomic mass is 10.2. The summed E-state index contributed by atoms with van der Waals surface area (Å²) in [5.74, 6) is 0.510. The molecule has 0 aliphatic heterocycles. The number of benzene rings is 2. The summed E-state index contributed by atoms with van der Waals surface area (Å²) in [5.41, 5.74) is 1.82. The molecule has 20 heavy (non-hydrogen) atoms. The summed E-state index contributed by atoms with van der Waals surface area (Å²) in [5, 5.41) is 14.0. The van der Waals surface area contributed by atoms with E-state index in [4.69, 9.17) is 27.9 Å². The molecule has 0 radical (unpaired) electrons. The van der Waals surface area contributed by atoms with Gasteiger partial charge in [-0.05, 0) is 51.8 Å². The highest BCUT2D eigenvalue weighted by atomic mass is 79.9. The molecule has 0 aromatic heterocycles. The number of phenols is 1. The van der Waals surface area contributed by atoms with E-state index in [-0.39, 0.29) is 5.75 Å². The number of halogens is 3. The second-order valence-corrected chi connectivity index (χ2v) is 5.78. The quantitative estimate of drug-likeness (QED) is 0.781. The van der Waals surface area contributed by atoms with Crippen LogP contribution in [0.15, 0.2) is 34.8 Å². The molecule has 0 atom stereocenters. The van der Waals surface area contributed by atoms with Crippen molar-refractivity contribution in [2.45, 2.75) is 6.54 Å². The highest BCUT2D eigenvalue weighted by Crippen LogP contribution is 2.35. The Hall–Kier alpha value is -1.10. The predicted octanol–water partition coefficient (Wildman–Crippen LogP) is 5.08. The second-order valence-electron chi connectivity index (χ2n) is 4.11. The normalized spacial score (nSPS) is 10.4. The van der Waals surface area contributed by atoms with Crippen LogP contribution in [0.4, 0.5) is 5.69 Å². The van der Waals surface area contributed by atoms with Crippen LogP contribution in [0.25, 0.3) is 0 Å². The zero-order valence-corrected chi connectivity index (χ0v) is 13.7. The molecule has 3 nitrogen and oxygen atoms in total. The summed E-state index contributed by atoms with van der Waals surface area (Å²) in [6, 6.07) is 8.93. The molecule has 2 rings (SSSR count). The Labute approximate surface area is 135 Å². The van der Waals surface area contributed by atoms with Gasteiger partial charge in [0.15, 0.2) is 11.5 Å². The van der Waals surface area contributed by atoms with Crippen molar-refractivity contribution >= 4 is 44.8 Å². The van der Waals surface area contributed by atoms with Crippen molar-refractivity contribution in [2.24, 2.45) is 0 Å². The third-order valence-corrected chi connectivity index (χ3v) is 4.07. The number of anilines is 1. The molecule has 2 N–H and O–H groups in total. The van der Waals surface area contributed by atoms with Crippen molar-refractivity contribution < 1.29 is 9.84 Å². The van der Waals surface area contributed by atoms with E-state index >= 15 is 0 Å². The molecule has 106 valence electrons.